The van der Waals surface area contributed by atoms with Crippen LogP contribution in [0.25, 0.3) is 0 Å². The van der Waals surface area contributed by atoms with Crippen LogP contribution < -0.4 is 10.2 Å². The quantitative estimate of drug-likeness (QED) is 0.840. The van der Waals surface area contributed by atoms with E-state index in [1.54, 1.807) is 6.07 Å². The first-order valence-electron chi connectivity index (χ1n) is 7.14. The summed E-state index contributed by atoms with van der Waals surface area (Å²) in [5.41, 5.74) is 0.982. The number of benzene rings is 1. The van der Waals surface area contributed by atoms with Crippen LogP contribution in [-0.4, -0.2) is 25.2 Å². The maximum atomic E-state index is 13.4. The van der Waals surface area contributed by atoms with Crippen molar-refractivity contribution < 1.29 is 8.78 Å². The Morgan fingerprint density at radius 1 is 1.05 bits per heavy atom. The molecule has 0 atom stereocenters. The molecule has 0 aromatic heterocycles. The SMILES string of the molecule is Fc1ccc(N2CCCNC3(CCCC3)C2)cc1F. The fourth-order valence-electron chi connectivity index (χ4n) is 3.41. The molecule has 1 aromatic rings. The highest BCUT2D eigenvalue weighted by Gasteiger charge is 2.36. The highest BCUT2D eigenvalue weighted by Crippen LogP contribution is 2.33. The van der Waals surface area contributed by atoms with Gasteiger partial charge in [-0.2, -0.15) is 0 Å². The van der Waals surface area contributed by atoms with Gasteiger partial charge in [0.25, 0.3) is 0 Å². The first-order chi connectivity index (χ1) is 9.19. The Hall–Kier alpha value is -1.16. The van der Waals surface area contributed by atoms with E-state index >= 15 is 0 Å². The zero-order chi connectivity index (χ0) is 13.3. The highest BCUT2D eigenvalue weighted by atomic mass is 19.2. The summed E-state index contributed by atoms with van der Waals surface area (Å²) in [6.45, 7) is 2.82. The summed E-state index contributed by atoms with van der Waals surface area (Å²) in [4.78, 5) is 2.20. The highest BCUT2D eigenvalue weighted by molar-refractivity contribution is 5.47. The van der Waals surface area contributed by atoms with Crippen LogP contribution in [0.2, 0.25) is 0 Å². The van der Waals surface area contributed by atoms with E-state index in [4.69, 9.17) is 0 Å². The predicted molar refractivity (Wildman–Crippen MR) is 72.4 cm³/mol. The molecule has 1 saturated carbocycles. The van der Waals surface area contributed by atoms with Gasteiger partial charge in [0, 0.05) is 30.4 Å². The monoisotopic (exact) mass is 266 g/mol. The predicted octanol–water partition coefficient (Wildman–Crippen LogP) is 3.08. The van der Waals surface area contributed by atoms with Crippen molar-refractivity contribution in [2.45, 2.75) is 37.6 Å². The van der Waals surface area contributed by atoms with E-state index in [0.29, 0.717) is 0 Å². The van der Waals surface area contributed by atoms with E-state index in [9.17, 15) is 8.78 Å². The minimum Gasteiger partial charge on any atom is -0.370 e. The molecule has 1 spiro atoms. The molecular formula is C15H20F2N2. The van der Waals surface area contributed by atoms with Gasteiger partial charge in [0.1, 0.15) is 0 Å². The molecule has 1 saturated heterocycles. The van der Waals surface area contributed by atoms with Gasteiger partial charge in [0.15, 0.2) is 11.6 Å². The van der Waals surface area contributed by atoms with Gasteiger partial charge in [0.05, 0.1) is 0 Å². The lowest BCUT2D eigenvalue weighted by Gasteiger charge is -2.34. The molecule has 0 bridgehead atoms. The Bertz CT molecular complexity index is 455. The molecule has 1 heterocycles. The molecule has 2 nitrogen and oxygen atoms in total. The molecule has 1 aromatic carbocycles. The van der Waals surface area contributed by atoms with Crippen molar-refractivity contribution in [3.63, 3.8) is 0 Å². The Morgan fingerprint density at radius 2 is 1.84 bits per heavy atom. The molecule has 2 fully saturated rings. The summed E-state index contributed by atoms with van der Waals surface area (Å²) < 4.78 is 26.4. The molecule has 2 aliphatic rings. The van der Waals surface area contributed by atoms with Gasteiger partial charge < -0.3 is 10.2 Å². The molecule has 0 radical (unpaired) electrons. The number of anilines is 1. The number of halogens is 2. The minimum absolute atomic E-state index is 0.182. The number of nitrogens with one attached hydrogen (secondary N) is 1. The largest absolute Gasteiger partial charge is 0.370 e. The summed E-state index contributed by atoms with van der Waals surface area (Å²) in [5.74, 6) is -1.53. The fraction of sp³-hybridized carbons (Fsp3) is 0.600. The van der Waals surface area contributed by atoms with Crippen molar-refractivity contribution in [2.24, 2.45) is 0 Å². The van der Waals surface area contributed by atoms with E-state index in [2.05, 4.69) is 10.2 Å². The first-order valence-corrected chi connectivity index (χ1v) is 7.14. The molecular weight excluding hydrogens is 246 g/mol. The maximum absolute atomic E-state index is 13.4. The van der Waals surface area contributed by atoms with E-state index in [1.165, 1.54) is 37.8 Å². The summed E-state index contributed by atoms with van der Waals surface area (Å²) in [6.07, 6.45) is 5.94. The van der Waals surface area contributed by atoms with Gasteiger partial charge in [-0.15, -0.1) is 0 Å². The van der Waals surface area contributed by atoms with Gasteiger partial charge in [-0.3, -0.25) is 0 Å². The lowest BCUT2D eigenvalue weighted by Crippen LogP contribution is -2.49. The molecule has 19 heavy (non-hydrogen) atoms. The Balaban J connectivity index is 1.84. The van der Waals surface area contributed by atoms with Gasteiger partial charge >= 0.3 is 0 Å². The van der Waals surface area contributed by atoms with Crippen molar-refractivity contribution in [3.05, 3.63) is 29.8 Å². The van der Waals surface area contributed by atoms with Crippen LogP contribution in [0.15, 0.2) is 18.2 Å². The fourth-order valence-corrected chi connectivity index (χ4v) is 3.41. The second-order valence-corrected chi connectivity index (χ2v) is 5.79. The third-order valence-electron chi connectivity index (χ3n) is 4.43. The second kappa shape index (κ2) is 5.08. The maximum Gasteiger partial charge on any atom is 0.160 e. The van der Waals surface area contributed by atoms with Crippen LogP contribution >= 0.6 is 0 Å². The van der Waals surface area contributed by atoms with E-state index < -0.39 is 11.6 Å². The van der Waals surface area contributed by atoms with Crippen molar-refractivity contribution >= 4 is 5.69 Å². The number of rotatable bonds is 1. The molecule has 3 rings (SSSR count). The number of nitrogens with zero attached hydrogens (tertiary/aromatic N) is 1. The van der Waals surface area contributed by atoms with Crippen LogP contribution in [0.3, 0.4) is 0 Å². The lowest BCUT2D eigenvalue weighted by atomic mass is 9.97. The molecule has 0 unspecified atom stereocenters. The number of hydrogen-bond donors (Lipinski definition) is 1. The molecule has 0 amide bonds. The average Bonchev–Trinajstić information content (AvgIpc) is 2.74. The lowest BCUT2D eigenvalue weighted by molar-refractivity contribution is 0.354. The Labute approximate surface area is 112 Å². The second-order valence-electron chi connectivity index (χ2n) is 5.79. The molecule has 1 aliphatic carbocycles. The van der Waals surface area contributed by atoms with Crippen molar-refractivity contribution in [3.8, 4) is 0 Å². The topological polar surface area (TPSA) is 15.3 Å². The summed E-state index contributed by atoms with van der Waals surface area (Å²) >= 11 is 0. The zero-order valence-corrected chi connectivity index (χ0v) is 11.1. The van der Waals surface area contributed by atoms with Crippen LogP contribution in [0.1, 0.15) is 32.1 Å². The number of hydrogen-bond acceptors (Lipinski definition) is 2. The normalized spacial score (nSPS) is 22.7. The van der Waals surface area contributed by atoms with Gasteiger partial charge in [-0.1, -0.05) is 12.8 Å². The third-order valence-corrected chi connectivity index (χ3v) is 4.43. The van der Waals surface area contributed by atoms with E-state index in [-0.39, 0.29) is 5.54 Å². The molecule has 104 valence electrons. The minimum atomic E-state index is -0.771. The van der Waals surface area contributed by atoms with Crippen LogP contribution in [0.5, 0.6) is 0 Å². The van der Waals surface area contributed by atoms with Crippen molar-refractivity contribution in [1.29, 1.82) is 0 Å². The standard InChI is InChI=1S/C15H20F2N2/c16-13-5-4-12(10-14(13)17)19-9-3-8-18-15(11-19)6-1-2-7-15/h4-5,10,18H,1-3,6-9,11H2. The van der Waals surface area contributed by atoms with Gasteiger partial charge in [0.2, 0.25) is 0 Å². The summed E-state index contributed by atoms with van der Waals surface area (Å²) in [5, 5.41) is 3.67. The zero-order valence-electron chi connectivity index (χ0n) is 11.1. The summed E-state index contributed by atoms with van der Waals surface area (Å²) in [7, 11) is 0. The Morgan fingerprint density at radius 3 is 2.58 bits per heavy atom. The van der Waals surface area contributed by atoms with Gasteiger partial charge in [-0.05, 0) is 37.9 Å². The van der Waals surface area contributed by atoms with Crippen LogP contribution in [0, 0.1) is 11.6 Å². The molecule has 1 aliphatic heterocycles. The average molecular weight is 266 g/mol. The van der Waals surface area contributed by atoms with E-state index in [1.807, 2.05) is 0 Å². The van der Waals surface area contributed by atoms with E-state index in [0.717, 1.165) is 31.7 Å². The van der Waals surface area contributed by atoms with Crippen LogP contribution in [-0.2, 0) is 0 Å². The molecule has 4 heteroatoms. The smallest absolute Gasteiger partial charge is 0.160 e. The molecule has 1 N–H and O–H groups in total. The van der Waals surface area contributed by atoms with Gasteiger partial charge in [-0.25, -0.2) is 8.78 Å². The Kier molecular flexibility index (Phi) is 3.44. The van der Waals surface area contributed by atoms with Crippen molar-refractivity contribution in [2.75, 3.05) is 24.5 Å². The first kappa shape index (κ1) is 12.9. The summed E-state index contributed by atoms with van der Waals surface area (Å²) in [6, 6.07) is 4.24. The third kappa shape index (κ3) is 2.59. The van der Waals surface area contributed by atoms with Crippen LogP contribution in [0.4, 0.5) is 14.5 Å². The van der Waals surface area contributed by atoms with Crippen molar-refractivity contribution in [1.82, 2.24) is 5.32 Å².